The Morgan fingerprint density at radius 2 is 1.88 bits per heavy atom. The second-order valence-corrected chi connectivity index (χ2v) is 8.16. The lowest BCUT2D eigenvalue weighted by Gasteiger charge is -2.21. The zero-order valence-corrected chi connectivity index (χ0v) is 18.2. The number of fused-ring (bicyclic) bond motifs is 1. The molecule has 9 nitrogen and oxygen atoms in total. The van der Waals surface area contributed by atoms with Crippen LogP contribution in [0.1, 0.15) is 24.0 Å². The average Bonchev–Trinajstić information content (AvgIpc) is 3.29. The summed E-state index contributed by atoms with van der Waals surface area (Å²) in [6, 6.07) is 10.0. The van der Waals surface area contributed by atoms with Crippen LogP contribution in [0.2, 0.25) is 0 Å². The molecule has 4 rings (SSSR count). The fourth-order valence-electron chi connectivity index (χ4n) is 4.11. The van der Waals surface area contributed by atoms with Gasteiger partial charge in [0.25, 0.3) is 11.2 Å². The zero-order chi connectivity index (χ0) is 22.8. The van der Waals surface area contributed by atoms with Crippen LogP contribution >= 0.6 is 0 Å². The molecule has 1 fully saturated rings. The maximum absolute atomic E-state index is 13.3. The van der Waals surface area contributed by atoms with Gasteiger partial charge in [0.15, 0.2) is 5.82 Å². The van der Waals surface area contributed by atoms with Crippen LogP contribution in [0.4, 0.5) is 11.5 Å². The topological polar surface area (TPSA) is 111 Å². The molecular formula is C23H26N4O5. The molecule has 32 heavy (non-hydrogen) atoms. The normalized spacial score (nSPS) is 14.7. The van der Waals surface area contributed by atoms with E-state index in [2.05, 4.69) is 4.98 Å². The standard InChI is InChI=1S/C23H26N4O5/c1-15-6-5-7-16(2)21(15)32-14-18(28)13-26-20-12-17(27(30)31)8-9-19(20)24-22(23(26)29)25-10-3-4-11-25/h5-9,12,18,28H,3-4,10-11,13-14H2,1-2H3. The van der Waals surface area contributed by atoms with Crippen molar-refractivity contribution < 1.29 is 14.8 Å². The predicted molar refractivity (Wildman–Crippen MR) is 122 cm³/mol. The number of benzene rings is 2. The van der Waals surface area contributed by atoms with E-state index in [4.69, 9.17) is 4.74 Å². The highest BCUT2D eigenvalue weighted by Gasteiger charge is 2.22. The second-order valence-electron chi connectivity index (χ2n) is 8.16. The minimum Gasteiger partial charge on any atom is -0.490 e. The van der Waals surface area contributed by atoms with Crippen LogP contribution < -0.4 is 15.2 Å². The van der Waals surface area contributed by atoms with E-state index < -0.39 is 11.0 Å². The molecule has 0 aliphatic carbocycles. The molecule has 1 N–H and O–H groups in total. The van der Waals surface area contributed by atoms with Crippen molar-refractivity contribution in [3.63, 3.8) is 0 Å². The molecule has 0 radical (unpaired) electrons. The van der Waals surface area contributed by atoms with Crippen molar-refractivity contribution in [2.75, 3.05) is 24.6 Å². The number of anilines is 1. The first-order chi connectivity index (χ1) is 15.3. The fraction of sp³-hybridized carbons (Fsp3) is 0.391. The minimum absolute atomic E-state index is 0.0179. The number of hydrogen-bond acceptors (Lipinski definition) is 7. The Kier molecular flexibility index (Phi) is 6.09. The van der Waals surface area contributed by atoms with E-state index in [9.17, 15) is 20.0 Å². The van der Waals surface area contributed by atoms with Crippen LogP contribution in [0.15, 0.2) is 41.2 Å². The van der Waals surface area contributed by atoms with Crippen LogP contribution in [-0.4, -0.2) is 45.4 Å². The van der Waals surface area contributed by atoms with Gasteiger partial charge in [0.05, 0.1) is 22.5 Å². The molecule has 2 heterocycles. The number of nitro benzene ring substituents is 1. The molecule has 168 valence electrons. The summed E-state index contributed by atoms with van der Waals surface area (Å²) in [4.78, 5) is 30.5. The van der Waals surface area contributed by atoms with Crippen molar-refractivity contribution in [1.29, 1.82) is 0 Å². The lowest BCUT2D eigenvalue weighted by Crippen LogP contribution is -2.35. The Bertz CT molecular complexity index is 1200. The summed E-state index contributed by atoms with van der Waals surface area (Å²) in [7, 11) is 0. The van der Waals surface area contributed by atoms with Crippen LogP contribution in [0.5, 0.6) is 5.75 Å². The van der Waals surface area contributed by atoms with Crippen LogP contribution in [-0.2, 0) is 6.54 Å². The highest BCUT2D eigenvalue weighted by molar-refractivity contribution is 5.79. The maximum Gasteiger partial charge on any atom is 0.294 e. The maximum atomic E-state index is 13.3. The minimum atomic E-state index is -0.997. The molecule has 0 bridgehead atoms. The number of aliphatic hydroxyl groups excluding tert-OH is 1. The van der Waals surface area contributed by atoms with Crippen molar-refractivity contribution >= 4 is 22.5 Å². The van der Waals surface area contributed by atoms with Gasteiger partial charge >= 0.3 is 0 Å². The number of aromatic nitrogens is 2. The van der Waals surface area contributed by atoms with Gasteiger partial charge < -0.3 is 19.3 Å². The Balaban J connectivity index is 1.68. The average molecular weight is 438 g/mol. The monoisotopic (exact) mass is 438 g/mol. The van der Waals surface area contributed by atoms with Gasteiger partial charge in [-0.25, -0.2) is 4.98 Å². The van der Waals surface area contributed by atoms with Gasteiger partial charge in [-0.05, 0) is 43.9 Å². The third kappa shape index (κ3) is 4.29. The second kappa shape index (κ2) is 8.96. The van der Waals surface area contributed by atoms with Gasteiger partial charge in [-0.2, -0.15) is 0 Å². The third-order valence-electron chi connectivity index (χ3n) is 5.75. The molecule has 1 aliphatic rings. The highest BCUT2D eigenvalue weighted by Crippen LogP contribution is 2.24. The summed E-state index contributed by atoms with van der Waals surface area (Å²) < 4.78 is 7.22. The molecule has 1 unspecified atom stereocenters. The first-order valence-electron chi connectivity index (χ1n) is 10.7. The Morgan fingerprint density at radius 3 is 2.53 bits per heavy atom. The highest BCUT2D eigenvalue weighted by atomic mass is 16.6. The summed E-state index contributed by atoms with van der Waals surface area (Å²) >= 11 is 0. The first kappa shape index (κ1) is 21.8. The number of para-hydroxylation sites is 1. The van der Waals surface area contributed by atoms with E-state index in [1.54, 1.807) is 6.07 Å². The largest absolute Gasteiger partial charge is 0.490 e. The number of aliphatic hydroxyl groups is 1. The third-order valence-corrected chi connectivity index (χ3v) is 5.75. The van der Waals surface area contributed by atoms with E-state index in [0.717, 1.165) is 37.1 Å². The van der Waals surface area contributed by atoms with E-state index in [1.807, 2.05) is 36.9 Å². The number of ether oxygens (including phenoxy) is 1. The summed E-state index contributed by atoms with van der Waals surface area (Å²) in [6.07, 6.45) is 0.958. The quantitative estimate of drug-likeness (QED) is 0.446. The molecule has 1 atom stereocenters. The number of nitrogens with zero attached hydrogens (tertiary/aromatic N) is 4. The number of rotatable bonds is 7. The van der Waals surface area contributed by atoms with Crippen molar-refractivity contribution in [2.45, 2.75) is 39.3 Å². The molecule has 0 spiro atoms. The van der Waals surface area contributed by atoms with Crippen LogP contribution in [0.3, 0.4) is 0 Å². The van der Waals surface area contributed by atoms with E-state index in [-0.39, 0.29) is 24.4 Å². The molecule has 9 heteroatoms. The van der Waals surface area contributed by atoms with Gasteiger partial charge in [0, 0.05) is 25.2 Å². The van der Waals surface area contributed by atoms with Crippen LogP contribution in [0.25, 0.3) is 11.0 Å². The van der Waals surface area contributed by atoms with Crippen LogP contribution in [0, 0.1) is 24.0 Å². The number of nitro groups is 1. The molecule has 1 saturated heterocycles. The van der Waals surface area contributed by atoms with Crippen molar-refractivity contribution in [1.82, 2.24) is 9.55 Å². The molecule has 3 aromatic rings. The van der Waals surface area contributed by atoms with E-state index in [0.29, 0.717) is 22.6 Å². The molecule has 1 aliphatic heterocycles. The lowest BCUT2D eigenvalue weighted by atomic mass is 10.1. The smallest absolute Gasteiger partial charge is 0.294 e. The van der Waals surface area contributed by atoms with Gasteiger partial charge in [0.2, 0.25) is 0 Å². The number of aryl methyl sites for hydroxylation is 2. The number of hydrogen-bond donors (Lipinski definition) is 1. The predicted octanol–water partition coefficient (Wildman–Crippen LogP) is 2.96. The van der Waals surface area contributed by atoms with Crippen molar-refractivity contribution in [3.05, 3.63) is 68.0 Å². The Labute approximate surface area is 185 Å². The molecule has 2 aromatic carbocycles. The van der Waals surface area contributed by atoms with E-state index in [1.165, 1.54) is 16.7 Å². The molecular weight excluding hydrogens is 412 g/mol. The van der Waals surface area contributed by atoms with Gasteiger partial charge in [-0.15, -0.1) is 0 Å². The van der Waals surface area contributed by atoms with Gasteiger partial charge in [-0.3, -0.25) is 14.9 Å². The van der Waals surface area contributed by atoms with Crippen molar-refractivity contribution in [2.24, 2.45) is 0 Å². The fourth-order valence-corrected chi connectivity index (χ4v) is 4.11. The summed E-state index contributed by atoms with van der Waals surface area (Å²) in [6.45, 7) is 5.24. The lowest BCUT2D eigenvalue weighted by molar-refractivity contribution is -0.384. The zero-order valence-electron chi connectivity index (χ0n) is 18.2. The first-order valence-corrected chi connectivity index (χ1v) is 10.7. The van der Waals surface area contributed by atoms with E-state index >= 15 is 0 Å². The summed E-state index contributed by atoms with van der Waals surface area (Å²) in [5.41, 5.74) is 2.19. The number of non-ortho nitro benzene ring substituents is 1. The molecule has 0 amide bonds. The molecule has 1 aromatic heterocycles. The SMILES string of the molecule is Cc1cccc(C)c1OCC(O)Cn1c(=O)c(N2CCCC2)nc2ccc([N+](=O)[O-])cc21. The van der Waals surface area contributed by atoms with Gasteiger partial charge in [-0.1, -0.05) is 18.2 Å². The Hall–Kier alpha value is -3.46. The molecule has 0 saturated carbocycles. The van der Waals surface area contributed by atoms with Crippen molar-refractivity contribution in [3.8, 4) is 5.75 Å². The Morgan fingerprint density at radius 1 is 1.19 bits per heavy atom. The summed E-state index contributed by atoms with van der Waals surface area (Å²) in [5.74, 6) is 1.01. The summed E-state index contributed by atoms with van der Waals surface area (Å²) in [5, 5.41) is 22.0. The van der Waals surface area contributed by atoms with Gasteiger partial charge in [0.1, 0.15) is 18.5 Å².